The summed E-state index contributed by atoms with van der Waals surface area (Å²) in [6.45, 7) is 2.39. The van der Waals surface area contributed by atoms with E-state index in [9.17, 15) is 18.0 Å². The summed E-state index contributed by atoms with van der Waals surface area (Å²) in [7, 11) is 0.0836. The van der Waals surface area contributed by atoms with Crippen molar-refractivity contribution in [3.63, 3.8) is 0 Å². The first-order chi connectivity index (χ1) is 22.7. The molecule has 250 valence electrons. The van der Waals surface area contributed by atoms with Crippen LogP contribution in [0.1, 0.15) is 92.5 Å². The molecule has 2 atom stereocenters. The molecule has 3 aromatic rings. The number of benzene rings is 2. The Labute approximate surface area is 277 Å². The van der Waals surface area contributed by atoms with E-state index >= 15 is 0 Å². The van der Waals surface area contributed by atoms with Gasteiger partial charge < -0.3 is 19.1 Å². The van der Waals surface area contributed by atoms with Crippen molar-refractivity contribution in [1.82, 2.24) is 19.1 Å². The predicted octanol–water partition coefficient (Wildman–Crippen LogP) is 5.67. The van der Waals surface area contributed by atoms with Gasteiger partial charge in [0.25, 0.3) is 5.91 Å². The van der Waals surface area contributed by atoms with Gasteiger partial charge in [-0.3, -0.25) is 9.59 Å². The van der Waals surface area contributed by atoms with E-state index in [2.05, 4.69) is 38.3 Å². The van der Waals surface area contributed by atoms with Crippen LogP contribution in [0.15, 0.2) is 42.5 Å². The average Bonchev–Trinajstić information content (AvgIpc) is 3.75. The zero-order valence-corrected chi connectivity index (χ0v) is 28.4. The van der Waals surface area contributed by atoms with Crippen LogP contribution < -0.4 is 9.46 Å². The number of hydrogen-bond acceptors (Lipinski definition) is 6. The molecule has 8 rings (SSSR count). The number of sulfonamides is 1. The maximum atomic E-state index is 14.4. The van der Waals surface area contributed by atoms with E-state index in [1.807, 2.05) is 24.3 Å². The van der Waals surface area contributed by atoms with Crippen molar-refractivity contribution in [3.05, 3.63) is 53.6 Å². The molecule has 10 heteroatoms. The lowest BCUT2D eigenvalue weighted by Crippen LogP contribution is -2.70. The van der Waals surface area contributed by atoms with Crippen molar-refractivity contribution in [2.24, 2.45) is 5.41 Å². The molecule has 2 bridgehead atoms. The number of hydrogen-bond donors (Lipinski definition) is 1. The molecule has 47 heavy (non-hydrogen) atoms. The smallest absolute Gasteiger partial charge is 0.264 e. The Kier molecular flexibility index (Phi) is 7.67. The molecule has 5 aliphatic rings. The molecule has 9 nitrogen and oxygen atoms in total. The maximum absolute atomic E-state index is 14.4. The molecule has 3 aliphatic carbocycles. The largest absolute Gasteiger partial charge is 0.497 e. The molecular weight excluding hydrogens is 612 g/mol. The summed E-state index contributed by atoms with van der Waals surface area (Å²) in [6, 6.07) is 14.4. The number of carbonyl (C=O) groups excluding carboxylic acids is 2. The second-order valence-corrected chi connectivity index (χ2v) is 16.9. The van der Waals surface area contributed by atoms with Gasteiger partial charge in [-0.15, -0.1) is 0 Å². The number of nitrogens with zero attached hydrogens (tertiary/aromatic N) is 3. The SMILES string of the molecule is COc1ccc(-c2c(C3CCCCC3)c3ccc(C(=O)NS(=O)(=O)C4CCC4)cc3n2CC2(C(=O)N3C4CC3CN(C)C4)CC2)cc1. The summed E-state index contributed by atoms with van der Waals surface area (Å²) in [5.74, 6) is 0.824. The minimum atomic E-state index is -3.72. The zero-order chi connectivity index (χ0) is 32.5. The van der Waals surface area contributed by atoms with Gasteiger partial charge in [0.2, 0.25) is 15.9 Å². The third-order valence-electron chi connectivity index (χ3n) is 11.8. The van der Waals surface area contributed by atoms with Crippen molar-refractivity contribution in [1.29, 1.82) is 0 Å². The van der Waals surface area contributed by atoms with E-state index in [1.165, 1.54) is 24.8 Å². The fourth-order valence-electron chi connectivity index (χ4n) is 8.82. The van der Waals surface area contributed by atoms with E-state index in [0.29, 0.717) is 30.9 Å². The summed E-state index contributed by atoms with van der Waals surface area (Å²) in [5.41, 5.74) is 4.20. The first kappa shape index (κ1) is 30.9. The molecule has 2 unspecified atom stereocenters. The van der Waals surface area contributed by atoms with Gasteiger partial charge in [0.1, 0.15) is 5.75 Å². The fourth-order valence-corrected chi connectivity index (χ4v) is 10.3. The van der Waals surface area contributed by atoms with Gasteiger partial charge in [-0.05, 0) is 105 Å². The van der Waals surface area contributed by atoms with Crippen molar-refractivity contribution in [2.45, 2.75) is 100 Å². The monoisotopic (exact) mass is 658 g/mol. The molecule has 0 spiro atoms. The zero-order valence-electron chi connectivity index (χ0n) is 27.5. The summed E-state index contributed by atoms with van der Waals surface area (Å²) in [5, 5.41) is 0.590. The Hall–Kier alpha value is -3.37. The summed E-state index contributed by atoms with van der Waals surface area (Å²) in [4.78, 5) is 32.4. The molecule has 2 saturated heterocycles. The van der Waals surface area contributed by atoms with Crippen molar-refractivity contribution in [2.75, 3.05) is 27.2 Å². The van der Waals surface area contributed by atoms with Crippen LogP contribution in [0.25, 0.3) is 22.2 Å². The normalized spacial score (nSPS) is 24.4. The number of aromatic nitrogens is 1. The van der Waals surface area contributed by atoms with E-state index in [1.54, 1.807) is 13.2 Å². The topological polar surface area (TPSA) is 101 Å². The molecule has 2 amide bonds. The van der Waals surface area contributed by atoms with Crippen LogP contribution in [0.4, 0.5) is 0 Å². The standard InChI is InChI=1S/C37H46N4O5S/c1-39-21-27-20-28(22-39)41(27)36(43)37(17-18-37)23-40-32-19-26(35(42)38-47(44,45)30-9-6-10-30)13-16-31(32)33(24-7-4-3-5-8-24)34(40)25-11-14-29(46-2)15-12-25/h11-16,19,24,27-28,30H,3-10,17-18,20-23H2,1-2H3,(H,38,42). The number of piperazine rings is 1. The van der Waals surface area contributed by atoms with Crippen LogP contribution in [0, 0.1) is 5.41 Å². The van der Waals surface area contributed by atoms with Crippen molar-refractivity contribution < 1.29 is 22.7 Å². The number of amides is 2. The predicted molar refractivity (Wildman–Crippen MR) is 182 cm³/mol. The van der Waals surface area contributed by atoms with Crippen LogP contribution in [0.2, 0.25) is 0 Å². The van der Waals surface area contributed by atoms with Crippen molar-refractivity contribution in [3.8, 4) is 17.0 Å². The maximum Gasteiger partial charge on any atom is 0.264 e. The number of ether oxygens (including phenoxy) is 1. The van der Waals surface area contributed by atoms with Crippen LogP contribution in [-0.4, -0.2) is 79.2 Å². The second-order valence-electron chi connectivity index (χ2n) is 14.9. The highest BCUT2D eigenvalue weighted by Gasteiger charge is 2.58. The summed E-state index contributed by atoms with van der Waals surface area (Å²) >= 11 is 0. The molecule has 3 heterocycles. The summed E-state index contributed by atoms with van der Waals surface area (Å²) in [6.07, 6.45) is 10.6. The quantitative estimate of drug-likeness (QED) is 0.318. The Morgan fingerprint density at radius 1 is 0.936 bits per heavy atom. The molecule has 2 aliphatic heterocycles. The number of likely N-dealkylation sites (N-methyl/N-ethyl adjacent to an activating group) is 1. The number of fused-ring (bicyclic) bond motifs is 3. The third-order valence-corrected chi connectivity index (χ3v) is 13.7. The van der Waals surface area contributed by atoms with Crippen LogP contribution >= 0.6 is 0 Å². The van der Waals surface area contributed by atoms with Crippen LogP contribution in [0.3, 0.4) is 0 Å². The van der Waals surface area contributed by atoms with E-state index in [-0.39, 0.29) is 18.0 Å². The lowest BCUT2D eigenvalue weighted by Gasteiger charge is -2.56. The van der Waals surface area contributed by atoms with E-state index < -0.39 is 26.6 Å². The number of carbonyl (C=O) groups is 2. The lowest BCUT2D eigenvalue weighted by molar-refractivity contribution is -0.159. The van der Waals surface area contributed by atoms with Crippen molar-refractivity contribution >= 4 is 32.7 Å². The number of methoxy groups -OCH3 is 1. The molecule has 1 aromatic heterocycles. The van der Waals surface area contributed by atoms with Gasteiger partial charge in [0.15, 0.2) is 0 Å². The molecule has 3 saturated carbocycles. The molecular formula is C37H46N4O5S. The van der Waals surface area contributed by atoms with Gasteiger partial charge in [-0.25, -0.2) is 13.1 Å². The second kappa shape index (κ2) is 11.7. The number of rotatable bonds is 9. The Morgan fingerprint density at radius 3 is 2.26 bits per heavy atom. The summed E-state index contributed by atoms with van der Waals surface area (Å²) < 4.78 is 36.0. The van der Waals surface area contributed by atoms with Crippen LogP contribution in [0.5, 0.6) is 5.75 Å². The van der Waals surface area contributed by atoms with E-state index in [4.69, 9.17) is 4.74 Å². The lowest BCUT2D eigenvalue weighted by atomic mass is 9.81. The van der Waals surface area contributed by atoms with Gasteiger partial charge >= 0.3 is 0 Å². The fraction of sp³-hybridized carbons (Fsp3) is 0.568. The van der Waals surface area contributed by atoms with Gasteiger partial charge in [0, 0.05) is 48.2 Å². The van der Waals surface area contributed by atoms with Gasteiger partial charge in [-0.1, -0.05) is 31.7 Å². The average molecular weight is 659 g/mol. The molecule has 0 radical (unpaired) electrons. The highest BCUT2D eigenvalue weighted by Crippen LogP contribution is 2.54. The minimum absolute atomic E-state index is 0.272. The number of piperidine rings is 1. The minimum Gasteiger partial charge on any atom is -0.497 e. The Bertz CT molecular complexity index is 1810. The first-order valence-corrected chi connectivity index (χ1v) is 19.1. The van der Waals surface area contributed by atoms with Crippen LogP contribution in [-0.2, 0) is 21.4 Å². The molecule has 1 N–H and O–H groups in total. The number of likely N-dealkylation sites (tertiary alicyclic amines) is 2. The van der Waals surface area contributed by atoms with Gasteiger partial charge in [-0.2, -0.15) is 0 Å². The first-order valence-electron chi connectivity index (χ1n) is 17.6. The van der Waals surface area contributed by atoms with Gasteiger partial charge in [0.05, 0.1) is 23.5 Å². The molecule has 2 aromatic carbocycles. The number of nitrogens with one attached hydrogen (secondary N) is 1. The third kappa shape index (κ3) is 5.36. The highest BCUT2D eigenvalue weighted by atomic mass is 32.2. The Balaban J connectivity index is 1.25. The molecule has 5 fully saturated rings. The Morgan fingerprint density at radius 2 is 1.64 bits per heavy atom. The van der Waals surface area contributed by atoms with E-state index in [0.717, 1.165) is 79.5 Å². The highest BCUT2D eigenvalue weighted by molar-refractivity contribution is 7.90.